The van der Waals surface area contributed by atoms with Crippen LogP contribution in [0.15, 0.2) is 21.2 Å². The first-order chi connectivity index (χ1) is 8.99. The lowest BCUT2D eigenvalue weighted by Crippen LogP contribution is -2.40. The van der Waals surface area contributed by atoms with Gasteiger partial charge in [0.05, 0.1) is 10.4 Å². The molecule has 0 aromatic carbocycles. The summed E-state index contributed by atoms with van der Waals surface area (Å²) in [5.41, 5.74) is 0.263. The molecule has 5 nitrogen and oxygen atoms in total. The van der Waals surface area contributed by atoms with E-state index >= 15 is 0 Å². The van der Waals surface area contributed by atoms with E-state index in [2.05, 4.69) is 42.2 Å². The molecule has 1 amide bonds. The molecule has 102 valence electrons. The number of aromatic nitrogens is 1. The minimum Gasteiger partial charge on any atom is -0.481 e. The summed E-state index contributed by atoms with van der Waals surface area (Å²) in [4.78, 5) is 27.2. The maximum absolute atomic E-state index is 12.1. The lowest BCUT2D eigenvalue weighted by molar-refractivity contribution is -0.142. The zero-order valence-corrected chi connectivity index (χ0v) is 13.1. The lowest BCUT2D eigenvalue weighted by atomic mass is 10.0. The Morgan fingerprint density at radius 1 is 1.37 bits per heavy atom. The topological polar surface area (TPSA) is 79.3 Å². The van der Waals surface area contributed by atoms with E-state index in [4.69, 9.17) is 5.11 Å². The Hall–Kier alpha value is -0.950. The summed E-state index contributed by atoms with van der Waals surface area (Å²) in [6, 6.07) is 1.41. The first-order valence-corrected chi connectivity index (χ1v) is 7.42. The van der Waals surface area contributed by atoms with E-state index in [0.29, 0.717) is 17.3 Å². The van der Waals surface area contributed by atoms with Crippen molar-refractivity contribution in [1.29, 1.82) is 0 Å². The molecule has 7 heteroatoms. The number of carbonyl (C=O) groups excluding carboxylic acids is 1. The Morgan fingerprint density at radius 3 is 2.74 bits per heavy atom. The molecule has 0 bridgehead atoms. The second-order valence-corrected chi connectivity index (χ2v) is 6.21. The molecule has 19 heavy (non-hydrogen) atoms. The zero-order valence-electron chi connectivity index (χ0n) is 9.90. The number of nitrogens with zero attached hydrogens (tertiary/aromatic N) is 1. The zero-order chi connectivity index (χ0) is 14.0. The predicted molar refractivity (Wildman–Crippen MR) is 75.9 cm³/mol. The van der Waals surface area contributed by atoms with Crippen LogP contribution in [0.2, 0.25) is 0 Å². The van der Waals surface area contributed by atoms with Gasteiger partial charge in [0.15, 0.2) is 0 Å². The molecule has 0 radical (unpaired) electrons. The van der Waals surface area contributed by atoms with Gasteiger partial charge in [-0.05, 0) is 50.8 Å². The molecule has 1 aliphatic rings. The maximum Gasteiger partial charge on any atom is 0.308 e. The second kappa shape index (κ2) is 6.00. The smallest absolute Gasteiger partial charge is 0.308 e. The van der Waals surface area contributed by atoms with Crippen LogP contribution in [0.5, 0.6) is 0 Å². The summed E-state index contributed by atoms with van der Waals surface area (Å²) < 4.78 is 1.34. The molecule has 1 saturated carbocycles. The highest BCUT2D eigenvalue weighted by molar-refractivity contribution is 9.11. The third kappa shape index (κ3) is 3.33. The highest BCUT2D eigenvalue weighted by Gasteiger charge is 2.34. The quantitative estimate of drug-likeness (QED) is 0.829. The number of carboxylic acids is 1. The number of carboxylic acid groups (broad SMARTS) is 1. The number of rotatable bonds is 3. The van der Waals surface area contributed by atoms with Crippen molar-refractivity contribution in [3.8, 4) is 0 Å². The van der Waals surface area contributed by atoms with Gasteiger partial charge in [0.1, 0.15) is 5.69 Å². The van der Waals surface area contributed by atoms with Crippen LogP contribution in [0.1, 0.15) is 29.8 Å². The number of carbonyl (C=O) groups is 2. The first kappa shape index (κ1) is 14.5. The van der Waals surface area contributed by atoms with Crippen LogP contribution in [0.4, 0.5) is 0 Å². The molecule has 0 unspecified atom stereocenters. The minimum atomic E-state index is -0.856. The molecular formula is C12H12Br2N2O3. The Labute approximate surface area is 127 Å². The van der Waals surface area contributed by atoms with Crippen molar-refractivity contribution < 1.29 is 14.7 Å². The van der Waals surface area contributed by atoms with Crippen molar-refractivity contribution in [3.63, 3.8) is 0 Å². The monoisotopic (exact) mass is 390 g/mol. The van der Waals surface area contributed by atoms with Crippen LogP contribution in [0.25, 0.3) is 0 Å². The van der Waals surface area contributed by atoms with Gasteiger partial charge in [0.25, 0.3) is 5.91 Å². The summed E-state index contributed by atoms with van der Waals surface area (Å²) in [5.74, 6) is -1.71. The predicted octanol–water partition coefficient (Wildman–Crippen LogP) is 2.59. The molecule has 1 heterocycles. The molecule has 2 N–H and O–H groups in total. The van der Waals surface area contributed by atoms with Crippen molar-refractivity contribution in [1.82, 2.24) is 10.3 Å². The summed E-state index contributed by atoms with van der Waals surface area (Å²) >= 11 is 6.53. The fourth-order valence-electron chi connectivity index (χ4n) is 2.25. The number of amides is 1. The molecular weight excluding hydrogens is 380 g/mol. The van der Waals surface area contributed by atoms with Gasteiger partial charge in [0, 0.05) is 16.7 Å². The molecule has 2 atom stereocenters. The number of hydrogen-bond donors (Lipinski definition) is 2. The number of pyridine rings is 1. The highest BCUT2D eigenvalue weighted by atomic mass is 79.9. The molecule has 2 rings (SSSR count). The van der Waals surface area contributed by atoms with Crippen molar-refractivity contribution in [2.24, 2.45) is 5.92 Å². The van der Waals surface area contributed by atoms with E-state index < -0.39 is 11.9 Å². The largest absolute Gasteiger partial charge is 0.481 e. The fraction of sp³-hybridized carbons (Fsp3) is 0.417. The highest BCUT2D eigenvalue weighted by Crippen LogP contribution is 2.27. The van der Waals surface area contributed by atoms with Crippen LogP contribution in [-0.4, -0.2) is 28.0 Å². The van der Waals surface area contributed by atoms with Gasteiger partial charge < -0.3 is 10.4 Å². The van der Waals surface area contributed by atoms with Gasteiger partial charge in [-0.1, -0.05) is 6.42 Å². The second-order valence-electron chi connectivity index (χ2n) is 4.44. The Kier molecular flexibility index (Phi) is 4.57. The third-order valence-electron chi connectivity index (χ3n) is 3.17. The van der Waals surface area contributed by atoms with Crippen LogP contribution in [0.3, 0.4) is 0 Å². The maximum atomic E-state index is 12.1. The lowest BCUT2D eigenvalue weighted by Gasteiger charge is -2.17. The fourth-order valence-corrected chi connectivity index (χ4v) is 3.41. The normalized spacial score (nSPS) is 22.2. The first-order valence-electron chi connectivity index (χ1n) is 5.83. The molecule has 0 saturated heterocycles. The van der Waals surface area contributed by atoms with E-state index in [9.17, 15) is 9.59 Å². The van der Waals surface area contributed by atoms with Crippen molar-refractivity contribution in [2.75, 3.05) is 0 Å². The van der Waals surface area contributed by atoms with Gasteiger partial charge >= 0.3 is 5.97 Å². The molecule has 1 aromatic heterocycles. The van der Waals surface area contributed by atoms with E-state index in [1.165, 1.54) is 6.20 Å². The Bertz CT molecular complexity index is 522. The Balaban J connectivity index is 2.10. The molecule has 1 aliphatic carbocycles. The van der Waals surface area contributed by atoms with E-state index in [1.54, 1.807) is 6.07 Å². The number of nitrogens with one attached hydrogen (secondary N) is 1. The number of aliphatic carboxylic acids is 1. The van der Waals surface area contributed by atoms with Crippen LogP contribution < -0.4 is 5.32 Å². The van der Waals surface area contributed by atoms with Gasteiger partial charge in [-0.3, -0.25) is 9.59 Å². The SMILES string of the molecule is O=C(N[C@H]1CCC[C@H]1C(=O)O)c1ncc(Br)cc1Br. The summed E-state index contributed by atoms with van der Waals surface area (Å²) in [5, 5.41) is 11.8. The van der Waals surface area contributed by atoms with E-state index in [1.807, 2.05) is 0 Å². The standard InChI is InChI=1S/C12H12Br2N2O3/c13-6-4-8(14)10(15-5-6)11(17)16-9-3-1-2-7(9)12(18)19/h4-5,7,9H,1-3H2,(H,16,17)(H,18,19)/t7-,9+/m1/s1. The minimum absolute atomic E-state index is 0.263. The third-order valence-corrected chi connectivity index (χ3v) is 4.21. The molecule has 1 fully saturated rings. The molecule has 0 aliphatic heterocycles. The van der Waals surface area contributed by atoms with E-state index in [0.717, 1.165) is 10.9 Å². The van der Waals surface area contributed by atoms with Gasteiger partial charge in [0.2, 0.25) is 0 Å². The van der Waals surface area contributed by atoms with E-state index in [-0.39, 0.29) is 17.6 Å². The summed E-state index contributed by atoms with van der Waals surface area (Å²) in [7, 11) is 0. The average Bonchev–Trinajstić information content (AvgIpc) is 2.76. The summed E-state index contributed by atoms with van der Waals surface area (Å²) in [6.45, 7) is 0. The van der Waals surface area contributed by atoms with Crippen LogP contribution in [-0.2, 0) is 4.79 Å². The van der Waals surface area contributed by atoms with Crippen LogP contribution in [0, 0.1) is 5.92 Å². The van der Waals surface area contributed by atoms with Gasteiger partial charge in [-0.15, -0.1) is 0 Å². The van der Waals surface area contributed by atoms with Gasteiger partial charge in [-0.25, -0.2) is 4.98 Å². The average molecular weight is 392 g/mol. The number of hydrogen-bond acceptors (Lipinski definition) is 3. The molecule has 0 spiro atoms. The van der Waals surface area contributed by atoms with Crippen LogP contribution >= 0.6 is 31.9 Å². The Morgan fingerprint density at radius 2 is 2.11 bits per heavy atom. The van der Waals surface area contributed by atoms with Crippen molar-refractivity contribution in [2.45, 2.75) is 25.3 Å². The summed E-state index contributed by atoms with van der Waals surface area (Å²) in [6.07, 6.45) is 3.64. The van der Waals surface area contributed by atoms with Gasteiger partial charge in [-0.2, -0.15) is 0 Å². The molecule has 1 aromatic rings. The van der Waals surface area contributed by atoms with Crippen molar-refractivity contribution in [3.05, 3.63) is 26.9 Å². The number of halogens is 2. The van der Waals surface area contributed by atoms with Crippen molar-refractivity contribution >= 4 is 43.7 Å².